The van der Waals surface area contributed by atoms with Gasteiger partial charge in [0.25, 0.3) is 0 Å². The summed E-state index contributed by atoms with van der Waals surface area (Å²) in [7, 11) is 1.60. The maximum absolute atomic E-state index is 11.7. The Balaban J connectivity index is 2.53. The number of amides is 1. The standard InChI is InChI=1S/C13H18BrClN2O2/c1-8-4-10(14)12(5-11(8)15)16-6-13(18)17-9(2)7-19-3/h4-5,9,16H,6-7H2,1-3H3,(H,17,18). The summed E-state index contributed by atoms with van der Waals surface area (Å²) in [6.45, 7) is 4.49. The van der Waals surface area contributed by atoms with Crippen LogP contribution in [0, 0.1) is 6.92 Å². The van der Waals surface area contributed by atoms with Crippen LogP contribution >= 0.6 is 27.5 Å². The van der Waals surface area contributed by atoms with E-state index < -0.39 is 0 Å². The zero-order chi connectivity index (χ0) is 14.4. The van der Waals surface area contributed by atoms with Crippen molar-refractivity contribution in [3.63, 3.8) is 0 Å². The van der Waals surface area contributed by atoms with Crippen molar-refractivity contribution in [2.24, 2.45) is 0 Å². The van der Waals surface area contributed by atoms with E-state index in [4.69, 9.17) is 16.3 Å². The molecule has 0 spiro atoms. The lowest BCUT2D eigenvalue weighted by Gasteiger charge is -2.14. The molecule has 0 saturated heterocycles. The lowest BCUT2D eigenvalue weighted by Crippen LogP contribution is -2.39. The molecular weight excluding hydrogens is 332 g/mol. The Morgan fingerprint density at radius 2 is 2.21 bits per heavy atom. The summed E-state index contributed by atoms with van der Waals surface area (Å²) in [5.41, 5.74) is 1.78. The van der Waals surface area contributed by atoms with Crippen LogP contribution in [0.3, 0.4) is 0 Å². The molecule has 1 aromatic rings. The number of methoxy groups -OCH3 is 1. The molecule has 2 N–H and O–H groups in total. The topological polar surface area (TPSA) is 50.4 Å². The summed E-state index contributed by atoms with van der Waals surface area (Å²) < 4.78 is 5.84. The van der Waals surface area contributed by atoms with Crippen LogP contribution < -0.4 is 10.6 Å². The van der Waals surface area contributed by atoms with E-state index in [1.807, 2.05) is 19.9 Å². The number of ether oxygens (including phenoxy) is 1. The fourth-order valence-electron chi connectivity index (χ4n) is 1.57. The Morgan fingerprint density at radius 1 is 1.53 bits per heavy atom. The summed E-state index contributed by atoms with van der Waals surface area (Å²) in [6, 6.07) is 3.70. The molecule has 6 heteroatoms. The van der Waals surface area contributed by atoms with Gasteiger partial charge < -0.3 is 15.4 Å². The third-order valence-electron chi connectivity index (χ3n) is 2.51. The van der Waals surface area contributed by atoms with E-state index in [9.17, 15) is 4.79 Å². The number of nitrogens with one attached hydrogen (secondary N) is 2. The smallest absolute Gasteiger partial charge is 0.239 e. The second kappa shape index (κ2) is 7.72. The molecule has 0 aliphatic carbocycles. The number of benzene rings is 1. The molecule has 0 saturated carbocycles. The number of hydrogen-bond acceptors (Lipinski definition) is 3. The third-order valence-corrected chi connectivity index (χ3v) is 3.58. The van der Waals surface area contributed by atoms with Crippen LogP contribution in [0.15, 0.2) is 16.6 Å². The van der Waals surface area contributed by atoms with Crippen molar-refractivity contribution in [2.75, 3.05) is 25.6 Å². The average molecular weight is 350 g/mol. The molecule has 19 heavy (non-hydrogen) atoms. The van der Waals surface area contributed by atoms with E-state index in [1.165, 1.54) is 0 Å². The van der Waals surface area contributed by atoms with Crippen LogP contribution in [-0.2, 0) is 9.53 Å². The lowest BCUT2D eigenvalue weighted by atomic mass is 10.2. The van der Waals surface area contributed by atoms with Crippen molar-refractivity contribution >= 4 is 39.1 Å². The van der Waals surface area contributed by atoms with Gasteiger partial charge in [-0.15, -0.1) is 0 Å². The Morgan fingerprint density at radius 3 is 2.84 bits per heavy atom. The van der Waals surface area contributed by atoms with E-state index in [2.05, 4.69) is 26.6 Å². The van der Waals surface area contributed by atoms with Gasteiger partial charge in [0.1, 0.15) is 0 Å². The molecule has 0 aliphatic rings. The first kappa shape index (κ1) is 16.3. The summed E-state index contributed by atoms with van der Waals surface area (Å²) in [5.74, 6) is -0.0897. The molecule has 0 aliphatic heterocycles. The van der Waals surface area contributed by atoms with E-state index in [0.29, 0.717) is 11.6 Å². The van der Waals surface area contributed by atoms with Crippen LogP contribution in [-0.4, -0.2) is 32.2 Å². The Bertz CT molecular complexity index is 455. The van der Waals surface area contributed by atoms with Crippen LogP contribution in [0.2, 0.25) is 5.02 Å². The number of anilines is 1. The minimum Gasteiger partial charge on any atom is -0.383 e. The minimum absolute atomic E-state index is 0.00986. The summed E-state index contributed by atoms with van der Waals surface area (Å²) >= 11 is 9.48. The Labute approximate surface area is 127 Å². The molecule has 1 amide bonds. The molecule has 0 aromatic heterocycles. The van der Waals surface area contributed by atoms with Gasteiger partial charge in [0.2, 0.25) is 5.91 Å². The predicted molar refractivity (Wildman–Crippen MR) is 81.9 cm³/mol. The normalized spacial score (nSPS) is 12.1. The second-order valence-corrected chi connectivity index (χ2v) is 5.62. The van der Waals surface area contributed by atoms with Crippen LogP contribution in [0.25, 0.3) is 0 Å². The van der Waals surface area contributed by atoms with E-state index in [0.717, 1.165) is 15.7 Å². The molecular formula is C13H18BrClN2O2. The lowest BCUT2D eigenvalue weighted by molar-refractivity contribution is -0.120. The van der Waals surface area contributed by atoms with Crippen molar-refractivity contribution in [1.29, 1.82) is 0 Å². The van der Waals surface area contributed by atoms with Crippen LogP contribution in [0.1, 0.15) is 12.5 Å². The highest BCUT2D eigenvalue weighted by Gasteiger charge is 2.09. The molecule has 1 rings (SSSR count). The van der Waals surface area contributed by atoms with Gasteiger partial charge in [0, 0.05) is 22.6 Å². The summed E-state index contributed by atoms with van der Waals surface area (Å²) in [5, 5.41) is 6.53. The van der Waals surface area contributed by atoms with Crippen molar-refractivity contribution in [3.8, 4) is 0 Å². The first-order valence-electron chi connectivity index (χ1n) is 5.92. The highest BCUT2D eigenvalue weighted by atomic mass is 79.9. The predicted octanol–water partition coefficient (Wildman–Crippen LogP) is 2.97. The number of aryl methyl sites for hydroxylation is 1. The quantitative estimate of drug-likeness (QED) is 0.830. The van der Waals surface area contributed by atoms with Crippen LogP contribution in [0.4, 0.5) is 5.69 Å². The first-order chi connectivity index (χ1) is 8.93. The second-order valence-electron chi connectivity index (χ2n) is 4.36. The fourth-order valence-corrected chi connectivity index (χ4v) is 2.34. The van der Waals surface area contributed by atoms with Gasteiger partial charge in [-0.2, -0.15) is 0 Å². The van der Waals surface area contributed by atoms with Gasteiger partial charge in [0.05, 0.1) is 18.8 Å². The highest BCUT2D eigenvalue weighted by Crippen LogP contribution is 2.28. The fraction of sp³-hybridized carbons (Fsp3) is 0.462. The van der Waals surface area contributed by atoms with Gasteiger partial charge in [-0.1, -0.05) is 11.6 Å². The van der Waals surface area contributed by atoms with Crippen molar-refractivity contribution in [3.05, 3.63) is 27.2 Å². The molecule has 1 atom stereocenters. The van der Waals surface area contributed by atoms with Gasteiger partial charge in [-0.3, -0.25) is 4.79 Å². The molecule has 106 valence electrons. The van der Waals surface area contributed by atoms with E-state index >= 15 is 0 Å². The molecule has 0 radical (unpaired) electrons. The van der Waals surface area contributed by atoms with Crippen LogP contribution in [0.5, 0.6) is 0 Å². The van der Waals surface area contributed by atoms with Gasteiger partial charge in [-0.05, 0) is 47.5 Å². The average Bonchev–Trinajstić information content (AvgIpc) is 2.32. The summed E-state index contributed by atoms with van der Waals surface area (Å²) in [4.78, 5) is 11.7. The first-order valence-corrected chi connectivity index (χ1v) is 7.09. The minimum atomic E-state index is -0.0897. The maximum Gasteiger partial charge on any atom is 0.239 e. The van der Waals surface area contributed by atoms with Crippen molar-refractivity contribution in [1.82, 2.24) is 5.32 Å². The number of halogens is 2. The molecule has 0 fully saturated rings. The van der Waals surface area contributed by atoms with Crippen molar-refractivity contribution < 1.29 is 9.53 Å². The molecule has 4 nitrogen and oxygen atoms in total. The number of carbonyl (C=O) groups excluding carboxylic acids is 1. The Kier molecular flexibility index (Phi) is 6.62. The van der Waals surface area contributed by atoms with Crippen molar-refractivity contribution in [2.45, 2.75) is 19.9 Å². The number of carbonyl (C=O) groups is 1. The zero-order valence-electron chi connectivity index (χ0n) is 11.2. The van der Waals surface area contributed by atoms with Gasteiger partial charge in [-0.25, -0.2) is 0 Å². The molecule has 1 unspecified atom stereocenters. The van der Waals surface area contributed by atoms with E-state index in [-0.39, 0.29) is 18.5 Å². The SMILES string of the molecule is COCC(C)NC(=O)CNc1cc(Cl)c(C)cc1Br. The van der Waals surface area contributed by atoms with E-state index in [1.54, 1.807) is 13.2 Å². The largest absolute Gasteiger partial charge is 0.383 e. The summed E-state index contributed by atoms with van der Waals surface area (Å²) in [6.07, 6.45) is 0. The number of hydrogen-bond donors (Lipinski definition) is 2. The third kappa shape index (κ3) is 5.38. The molecule has 0 bridgehead atoms. The monoisotopic (exact) mass is 348 g/mol. The zero-order valence-corrected chi connectivity index (χ0v) is 13.6. The molecule has 0 heterocycles. The maximum atomic E-state index is 11.7. The molecule has 1 aromatic carbocycles. The van der Waals surface area contributed by atoms with Gasteiger partial charge in [0.15, 0.2) is 0 Å². The number of rotatable bonds is 6. The van der Waals surface area contributed by atoms with Gasteiger partial charge >= 0.3 is 0 Å². The Hall–Kier alpha value is -0.780. The highest BCUT2D eigenvalue weighted by molar-refractivity contribution is 9.10.